The van der Waals surface area contributed by atoms with Crippen LogP contribution in [-0.2, 0) is 80.6 Å². The number of hydrogen-bond donors (Lipinski definition) is 0. The highest BCUT2D eigenvalue weighted by Crippen LogP contribution is 2.42. The minimum absolute atomic E-state index is 0.146. The lowest BCUT2D eigenvalue weighted by Crippen LogP contribution is -2.47. The fourth-order valence-corrected chi connectivity index (χ4v) is 17.3. The van der Waals surface area contributed by atoms with Gasteiger partial charge in [0, 0.05) is 20.0 Å². The molecule has 33 heteroatoms. The van der Waals surface area contributed by atoms with Crippen LogP contribution >= 0.6 is 23.7 Å². The average Bonchev–Trinajstić information content (AvgIpc) is 1.64. The van der Waals surface area contributed by atoms with E-state index in [1.165, 1.54) is 91.7 Å². The summed E-state index contributed by atoms with van der Waals surface area (Å²) < 4.78 is 97.1. The summed E-state index contributed by atoms with van der Waals surface area (Å²) in [6, 6.07) is 106. The van der Waals surface area contributed by atoms with Gasteiger partial charge in [0.1, 0.15) is 38.1 Å². The number of esters is 13. The predicted octanol–water partition coefficient (Wildman–Crippen LogP) is 17.9. The Morgan fingerprint density at radius 3 is 0.642 bits per heavy atom. The van der Waals surface area contributed by atoms with E-state index in [0.29, 0.717) is 30.4 Å². The zero-order chi connectivity index (χ0) is 104. The van der Waals surface area contributed by atoms with Gasteiger partial charge >= 0.3 is 77.6 Å². The SMILES string of the molecule is CC(=O)S[C@@H]1O[C@@H]([C@@H](COC(=O)c2ccccc2)OC(=O)c2ccccc2)[C@H](OC(=O)c2ccccc2)[C@H]1OC(=O)c1ccccc1.CCN(CC)S[C@@H]1O[C@@H]([C@@H](COC(=O)c2ccccc2)OC(=O)c2ccccc2)[C@H](OC(=O)c2ccccc2)[C@H]1OC(=O)c1ccccc1.O=C(OC[C@@H](OC(=O)c1ccccc1)[C@@H]1OC(OC(=O)c2ccccc2)[C@H](OC(=O)c2ccccc2)[C@H]1OC(=O)c1ccccc1)c1ccccc1. The predicted molar refractivity (Wildman–Crippen MR) is 538 cm³/mol. The normalized spacial score (nSPS) is 18.8. The van der Waals surface area contributed by atoms with Gasteiger partial charge in [-0.1, -0.05) is 262 Å². The van der Waals surface area contributed by atoms with Crippen LogP contribution in [0.2, 0.25) is 0 Å². The fourth-order valence-electron chi connectivity index (χ4n) is 15.3. The van der Waals surface area contributed by atoms with E-state index in [0.717, 1.165) is 0 Å². The van der Waals surface area contributed by atoms with Gasteiger partial charge in [-0.3, -0.25) is 4.79 Å². The molecule has 13 aromatic carbocycles. The molecule has 0 aliphatic carbocycles. The molecule has 16 rings (SSSR count). The van der Waals surface area contributed by atoms with Crippen molar-refractivity contribution in [2.45, 2.75) is 111 Å². The van der Waals surface area contributed by atoms with Crippen LogP contribution in [0.3, 0.4) is 0 Å². The molecular weight excluding hydrogens is 1940 g/mol. The van der Waals surface area contributed by atoms with Crippen molar-refractivity contribution < 1.29 is 143 Å². The van der Waals surface area contributed by atoms with Gasteiger partial charge in [0.05, 0.1) is 72.3 Å². The van der Waals surface area contributed by atoms with Crippen LogP contribution in [-0.4, -0.2) is 210 Å². The molecule has 3 aliphatic heterocycles. The van der Waals surface area contributed by atoms with Gasteiger partial charge in [0.25, 0.3) is 0 Å². The Kier molecular flexibility index (Phi) is 39.2. The lowest BCUT2D eigenvalue weighted by atomic mass is 10.0. The standard InChI is InChI=1S/C41H32O11.C38H37NO9S.C36H30O10S/c42-36(27-16-6-1-7-17-27)47-26-32(48-37(43)28-18-8-2-9-19-28)33-34(49-38(44)29-20-10-3-11-21-29)35(50-39(45)30-22-12-4-13-23-30)41(51-33)52-40(46)31-24-14-5-15-25-31;1-3-39(4-2)49-38-33(47-37(43)29-23-15-8-16-24-29)32(46-36(42)28-21-13-7-14-22-28)31(48-38)30(45-35(41)27-19-11-6-12-20-27)25-44-34(40)26-17-9-5-10-18-26;1-23(37)47-36-31(45-35(41)27-20-12-5-13-21-27)30(44-34(40)26-18-10-4-11-19-26)29(46-36)28(43-33(39)25-16-8-3-9-17-25)22-42-32(38)24-14-6-2-7-15-24/h1-25,32-35,41H,26H2;5-24,30-33,38H,3-4,25H2,1-2H3;2-21,28-31,36H,22H2,1H3/t32-,33+,34+,35-,41?;30-,31+,32+,33-,38+;28-,29+,30+,31-,36+/m111/s1. The summed E-state index contributed by atoms with van der Waals surface area (Å²) in [7, 11) is 0. The van der Waals surface area contributed by atoms with Gasteiger partial charge in [0.2, 0.25) is 12.4 Å². The zero-order valence-electron chi connectivity index (χ0n) is 79.7. The van der Waals surface area contributed by atoms with Crippen LogP contribution in [0.15, 0.2) is 394 Å². The topological polar surface area (TPSA) is 390 Å². The van der Waals surface area contributed by atoms with E-state index >= 15 is 0 Å². The Morgan fingerprint density at radius 1 is 0.230 bits per heavy atom. The maximum Gasteiger partial charge on any atom is 0.340 e. The number of nitrogens with zero attached hydrogens (tertiary/aromatic N) is 1. The van der Waals surface area contributed by atoms with Crippen LogP contribution in [0.5, 0.6) is 0 Å². The van der Waals surface area contributed by atoms with Gasteiger partial charge in [-0.2, -0.15) is 0 Å². The van der Waals surface area contributed by atoms with Crippen LogP contribution in [0, 0.1) is 0 Å². The summed E-state index contributed by atoms with van der Waals surface area (Å²) in [5, 5.41) is -0.377. The van der Waals surface area contributed by atoms with E-state index in [2.05, 4.69) is 0 Å². The average molecular weight is 2040 g/mol. The molecule has 0 amide bonds. The van der Waals surface area contributed by atoms with Crippen LogP contribution in [0.4, 0.5) is 0 Å². The minimum Gasteiger partial charge on any atom is -0.458 e. The molecule has 15 atom stereocenters. The van der Waals surface area contributed by atoms with E-state index < -0.39 is 188 Å². The summed E-state index contributed by atoms with van der Waals surface area (Å²) in [4.78, 5) is 186. The monoisotopic (exact) mass is 2040 g/mol. The first kappa shape index (κ1) is 107. The summed E-state index contributed by atoms with van der Waals surface area (Å²) in [6.45, 7) is 4.93. The second-order valence-electron chi connectivity index (χ2n) is 32.7. The molecule has 31 nitrogen and oxygen atoms in total. The van der Waals surface area contributed by atoms with Crippen LogP contribution < -0.4 is 0 Å². The molecule has 3 aliphatic rings. The van der Waals surface area contributed by atoms with Crippen molar-refractivity contribution in [2.75, 3.05) is 32.9 Å². The van der Waals surface area contributed by atoms with Crippen molar-refractivity contribution in [3.05, 3.63) is 467 Å². The van der Waals surface area contributed by atoms with E-state index in [9.17, 15) is 67.1 Å². The number of carbonyl (C=O) groups is 14. The van der Waals surface area contributed by atoms with Crippen LogP contribution in [0.1, 0.15) is 155 Å². The van der Waals surface area contributed by atoms with Gasteiger partial charge in [-0.25, -0.2) is 66.6 Å². The largest absolute Gasteiger partial charge is 0.458 e. The summed E-state index contributed by atoms with van der Waals surface area (Å²) in [5.74, 6) is -9.84. The second-order valence-corrected chi connectivity index (χ2v) is 35.2. The first-order valence-corrected chi connectivity index (χ1v) is 48.6. The number of hydrogen-bond acceptors (Lipinski definition) is 33. The second kappa shape index (κ2) is 54.2. The molecule has 0 spiro atoms. The molecule has 13 aromatic rings. The number of thioether (sulfide) groups is 1. The molecule has 1 unspecified atom stereocenters. The van der Waals surface area contributed by atoms with Gasteiger partial charge in [0.15, 0.2) is 64.8 Å². The lowest BCUT2D eigenvalue weighted by Gasteiger charge is -2.28. The maximum absolute atomic E-state index is 13.6. The first-order chi connectivity index (χ1) is 72.0. The number of carbonyl (C=O) groups excluding carboxylic acids is 14. The summed E-state index contributed by atoms with van der Waals surface area (Å²) >= 11 is 1.99. The summed E-state index contributed by atoms with van der Waals surface area (Å²) in [6.07, 6.45) is -18.2. The Morgan fingerprint density at radius 2 is 0.412 bits per heavy atom. The molecule has 0 N–H and O–H groups in total. The van der Waals surface area contributed by atoms with Crippen molar-refractivity contribution >= 4 is 106 Å². The number of benzene rings is 13. The lowest BCUT2D eigenvalue weighted by molar-refractivity contribution is -0.156. The van der Waals surface area contributed by atoms with Crippen molar-refractivity contribution in [1.29, 1.82) is 0 Å². The van der Waals surface area contributed by atoms with Crippen molar-refractivity contribution in [3.63, 3.8) is 0 Å². The molecule has 3 fully saturated rings. The molecule has 756 valence electrons. The zero-order valence-corrected chi connectivity index (χ0v) is 81.4. The number of ether oxygens (including phenoxy) is 16. The van der Waals surface area contributed by atoms with Gasteiger partial charge in [-0.05, 0) is 170 Å². The molecule has 3 saturated heterocycles. The third-order valence-electron chi connectivity index (χ3n) is 22.7. The van der Waals surface area contributed by atoms with E-state index in [4.69, 9.17) is 75.8 Å². The van der Waals surface area contributed by atoms with E-state index in [1.807, 2.05) is 18.2 Å². The fraction of sp³-hybridized carbons (Fsp3) is 0.200. The van der Waals surface area contributed by atoms with Gasteiger partial charge < -0.3 is 75.8 Å². The smallest absolute Gasteiger partial charge is 0.340 e. The maximum atomic E-state index is 13.6. The first-order valence-electron chi connectivity index (χ1n) is 46.9. The molecule has 0 bridgehead atoms. The molecule has 0 radical (unpaired) electrons. The highest BCUT2D eigenvalue weighted by Gasteiger charge is 2.59. The molecule has 0 aromatic heterocycles. The van der Waals surface area contributed by atoms with Gasteiger partial charge in [-0.15, -0.1) is 0 Å². The Balaban J connectivity index is 0.000000175. The van der Waals surface area contributed by atoms with Crippen molar-refractivity contribution in [1.82, 2.24) is 4.31 Å². The Bertz CT molecular complexity index is 6590. The van der Waals surface area contributed by atoms with Crippen molar-refractivity contribution in [2.24, 2.45) is 0 Å². The number of rotatable bonds is 37. The molecule has 148 heavy (non-hydrogen) atoms. The quantitative estimate of drug-likeness (QED) is 0.0198. The molecule has 3 heterocycles. The minimum atomic E-state index is -1.68. The summed E-state index contributed by atoms with van der Waals surface area (Å²) in [5.41, 5.74) is 0.689. The highest BCUT2D eigenvalue weighted by molar-refractivity contribution is 8.14. The highest BCUT2D eigenvalue weighted by atomic mass is 32.2. The van der Waals surface area contributed by atoms with E-state index in [-0.39, 0.29) is 71.9 Å². The Labute approximate surface area is 859 Å². The third-order valence-corrected chi connectivity index (χ3v) is 25.0. The van der Waals surface area contributed by atoms with Crippen LogP contribution in [0.25, 0.3) is 0 Å². The third kappa shape index (κ3) is 30.0. The molecule has 0 saturated carbocycles. The Hall–Kier alpha value is -16.8. The van der Waals surface area contributed by atoms with Crippen molar-refractivity contribution in [3.8, 4) is 0 Å². The molecular formula is C115H99NO30S2. The van der Waals surface area contributed by atoms with E-state index in [1.54, 1.807) is 322 Å².